The standard InChI is InChI=1S/C15H22O3/c1-13-15(12-16,9-11-17-13)8-5-10-18-14-6-3-2-4-7-14/h2-4,6-7,13,16H,5,8-12H2,1H3. The molecule has 0 radical (unpaired) electrons. The molecule has 1 aliphatic rings. The minimum absolute atomic E-state index is 0.0555. The Labute approximate surface area is 109 Å². The van der Waals surface area contributed by atoms with Gasteiger partial charge in [0.25, 0.3) is 0 Å². The van der Waals surface area contributed by atoms with Crippen LogP contribution in [-0.4, -0.2) is 31.0 Å². The molecule has 100 valence electrons. The van der Waals surface area contributed by atoms with Gasteiger partial charge in [0, 0.05) is 12.0 Å². The fourth-order valence-electron chi connectivity index (χ4n) is 2.56. The van der Waals surface area contributed by atoms with Gasteiger partial charge in [0.2, 0.25) is 0 Å². The van der Waals surface area contributed by atoms with Crippen molar-refractivity contribution in [1.82, 2.24) is 0 Å². The van der Waals surface area contributed by atoms with Gasteiger partial charge in [-0.15, -0.1) is 0 Å². The SMILES string of the molecule is CC1OCCC1(CO)CCCOc1ccccc1. The van der Waals surface area contributed by atoms with Crippen molar-refractivity contribution in [2.75, 3.05) is 19.8 Å². The molecule has 0 saturated carbocycles. The average Bonchev–Trinajstić information content (AvgIpc) is 2.78. The molecular formula is C15H22O3. The zero-order valence-electron chi connectivity index (χ0n) is 11.0. The molecule has 18 heavy (non-hydrogen) atoms. The number of para-hydroxylation sites is 1. The van der Waals surface area contributed by atoms with E-state index in [4.69, 9.17) is 9.47 Å². The highest BCUT2D eigenvalue weighted by atomic mass is 16.5. The topological polar surface area (TPSA) is 38.7 Å². The van der Waals surface area contributed by atoms with Gasteiger partial charge in [0.15, 0.2) is 0 Å². The summed E-state index contributed by atoms with van der Waals surface area (Å²) in [5.41, 5.74) is -0.0555. The third-order valence-corrected chi connectivity index (χ3v) is 3.98. The average molecular weight is 250 g/mol. The molecule has 2 atom stereocenters. The molecule has 0 aromatic heterocycles. The van der Waals surface area contributed by atoms with Crippen molar-refractivity contribution < 1.29 is 14.6 Å². The molecule has 1 N–H and O–H groups in total. The Hall–Kier alpha value is -1.06. The Morgan fingerprint density at radius 2 is 2.17 bits per heavy atom. The van der Waals surface area contributed by atoms with Gasteiger partial charge in [-0.25, -0.2) is 0 Å². The van der Waals surface area contributed by atoms with Gasteiger partial charge in [0.05, 0.1) is 19.3 Å². The highest BCUT2D eigenvalue weighted by molar-refractivity contribution is 5.20. The number of hydrogen-bond acceptors (Lipinski definition) is 3. The molecule has 1 heterocycles. The van der Waals surface area contributed by atoms with Crippen molar-refractivity contribution >= 4 is 0 Å². The molecule has 1 saturated heterocycles. The first-order chi connectivity index (χ1) is 8.77. The number of ether oxygens (including phenoxy) is 2. The van der Waals surface area contributed by atoms with E-state index in [1.165, 1.54) is 0 Å². The van der Waals surface area contributed by atoms with E-state index in [1.807, 2.05) is 30.3 Å². The lowest BCUT2D eigenvalue weighted by atomic mass is 9.78. The van der Waals surface area contributed by atoms with Crippen LogP contribution in [0.15, 0.2) is 30.3 Å². The van der Waals surface area contributed by atoms with Gasteiger partial charge < -0.3 is 14.6 Å². The van der Waals surface area contributed by atoms with Crippen LogP contribution >= 0.6 is 0 Å². The second-order valence-electron chi connectivity index (χ2n) is 5.05. The van der Waals surface area contributed by atoms with Crippen LogP contribution in [0.1, 0.15) is 26.2 Å². The van der Waals surface area contributed by atoms with E-state index < -0.39 is 0 Å². The smallest absolute Gasteiger partial charge is 0.119 e. The maximum atomic E-state index is 9.58. The van der Waals surface area contributed by atoms with E-state index in [0.29, 0.717) is 6.61 Å². The summed E-state index contributed by atoms with van der Waals surface area (Å²) in [7, 11) is 0. The third kappa shape index (κ3) is 3.03. The summed E-state index contributed by atoms with van der Waals surface area (Å²) >= 11 is 0. The van der Waals surface area contributed by atoms with Gasteiger partial charge in [-0.05, 0) is 38.3 Å². The minimum atomic E-state index is -0.0555. The van der Waals surface area contributed by atoms with Gasteiger partial charge in [0.1, 0.15) is 5.75 Å². The summed E-state index contributed by atoms with van der Waals surface area (Å²) in [5, 5.41) is 9.58. The van der Waals surface area contributed by atoms with Crippen molar-refractivity contribution in [3.05, 3.63) is 30.3 Å². The summed E-state index contributed by atoms with van der Waals surface area (Å²) in [4.78, 5) is 0. The van der Waals surface area contributed by atoms with Crippen molar-refractivity contribution in [3.63, 3.8) is 0 Å². The number of aliphatic hydroxyl groups is 1. The molecule has 0 amide bonds. The maximum absolute atomic E-state index is 9.58. The van der Waals surface area contributed by atoms with Crippen LogP contribution in [-0.2, 0) is 4.74 Å². The molecule has 1 fully saturated rings. The minimum Gasteiger partial charge on any atom is -0.494 e. The molecule has 2 rings (SSSR count). The summed E-state index contributed by atoms with van der Waals surface area (Å²) in [6.45, 7) is 3.72. The lowest BCUT2D eigenvalue weighted by molar-refractivity contribution is 0.0186. The number of hydrogen-bond donors (Lipinski definition) is 1. The predicted molar refractivity (Wildman–Crippen MR) is 70.7 cm³/mol. The van der Waals surface area contributed by atoms with E-state index in [-0.39, 0.29) is 18.1 Å². The molecule has 1 aromatic carbocycles. The molecule has 0 spiro atoms. The van der Waals surface area contributed by atoms with Crippen molar-refractivity contribution in [3.8, 4) is 5.75 Å². The lowest BCUT2D eigenvalue weighted by Gasteiger charge is -2.29. The van der Waals surface area contributed by atoms with E-state index >= 15 is 0 Å². The molecule has 3 nitrogen and oxygen atoms in total. The van der Waals surface area contributed by atoms with Gasteiger partial charge >= 0.3 is 0 Å². The van der Waals surface area contributed by atoms with Crippen molar-refractivity contribution in [2.24, 2.45) is 5.41 Å². The van der Waals surface area contributed by atoms with Crippen molar-refractivity contribution in [2.45, 2.75) is 32.3 Å². The Morgan fingerprint density at radius 1 is 1.39 bits per heavy atom. The Balaban J connectivity index is 1.75. The van der Waals surface area contributed by atoms with Gasteiger partial charge in [-0.3, -0.25) is 0 Å². The fraction of sp³-hybridized carbons (Fsp3) is 0.600. The second kappa shape index (κ2) is 6.21. The molecular weight excluding hydrogens is 228 g/mol. The monoisotopic (exact) mass is 250 g/mol. The highest BCUT2D eigenvalue weighted by Gasteiger charge is 2.40. The van der Waals surface area contributed by atoms with Crippen LogP contribution in [0.4, 0.5) is 0 Å². The molecule has 0 bridgehead atoms. The first-order valence-corrected chi connectivity index (χ1v) is 6.67. The van der Waals surface area contributed by atoms with Crippen LogP contribution < -0.4 is 4.74 Å². The molecule has 0 aliphatic carbocycles. The van der Waals surface area contributed by atoms with E-state index in [0.717, 1.165) is 31.6 Å². The van der Waals surface area contributed by atoms with Crippen LogP contribution in [0.3, 0.4) is 0 Å². The lowest BCUT2D eigenvalue weighted by Crippen LogP contribution is -2.33. The van der Waals surface area contributed by atoms with E-state index in [1.54, 1.807) is 0 Å². The normalized spacial score (nSPS) is 27.3. The molecule has 1 aliphatic heterocycles. The number of rotatable bonds is 6. The Bertz CT molecular complexity index is 352. The van der Waals surface area contributed by atoms with Crippen molar-refractivity contribution in [1.29, 1.82) is 0 Å². The van der Waals surface area contributed by atoms with E-state index in [9.17, 15) is 5.11 Å². The van der Waals surface area contributed by atoms with Gasteiger partial charge in [-0.1, -0.05) is 18.2 Å². The quantitative estimate of drug-likeness (QED) is 0.789. The maximum Gasteiger partial charge on any atom is 0.119 e. The van der Waals surface area contributed by atoms with Crippen LogP contribution in [0.25, 0.3) is 0 Å². The van der Waals surface area contributed by atoms with Crippen LogP contribution in [0.2, 0.25) is 0 Å². The summed E-state index contributed by atoms with van der Waals surface area (Å²) in [6, 6.07) is 9.84. The zero-order chi connectivity index (χ0) is 12.8. The molecule has 1 aromatic rings. The van der Waals surface area contributed by atoms with E-state index in [2.05, 4.69) is 6.92 Å². The third-order valence-electron chi connectivity index (χ3n) is 3.98. The Morgan fingerprint density at radius 3 is 2.78 bits per heavy atom. The summed E-state index contributed by atoms with van der Waals surface area (Å²) < 4.78 is 11.2. The number of benzene rings is 1. The molecule has 2 unspecified atom stereocenters. The number of aliphatic hydroxyl groups excluding tert-OH is 1. The summed E-state index contributed by atoms with van der Waals surface area (Å²) in [5.74, 6) is 0.909. The first kappa shape index (κ1) is 13.4. The van der Waals surface area contributed by atoms with Crippen LogP contribution in [0.5, 0.6) is 5.75 Å². The highest BCUT2D eigenvalue weighted by Crippen LogP contribution is 2.38. The summed E-state index contributed by atoms with van der Waals surface area (Å²) in [6.07, 6.45) is 3.01. The first-order valence-electron chi connectivity index (χ1n) is 6.67. The predicted octanol–water partition coefficient (Wildman–Crippen LogP) is 2.63. The zero-order valence-corrected chi connectivity index (χ0v) is 11.0. The largest absolute Gasteiger partial charge is 0.494 e. The Kier molecular flexibility index (Phi) is 4.61. The van der Waals surface area contributed by atoms with Gasteiger partial charge in [-0.2, -0.15) is 0 Å². The molecule has 3 heteroatoms. The van der Waals surface area contributed by atoms with Crippen LogP contribution in [0, 0.1) is 5.41 Å². The second-order valence-corrected chi connectivity index (χ2v) is 5.05. The fourth-order valence-corrected chi connectivity index (χ4v) is 2.56.